The molecule has 10 heteroatoms. The molecule has 7 nitrogen and oxygen atoms in total. The third kappa shape index (κ3) is 9.04. The van der Waals surface area contributed by atoms with Crippen LogP contribution in [0.5, 0.6) is 5.75 Å². The molecule has 4 rings (SSSR count). The van der Waals surface area contributed by atoms with Crippen LogP contribution in [0.3, 0.4) is 0 Å². The topological polar surface area (TPSA) is 96.5 Å². The predicted octanol–water partition coefficient (Wildman–Crippen LogP) is 7.52. The Kier molecular flexibility index (Phi) is 11.1. The third-order valence-electron chi connectivity index (χ3n) is 6.01. The maximum Gasteiger partial charge on any atom is 0.272 e. The van der Waals surface area contributed by atoms with Gasteiger partial charge in [-0.3, -0.25) is 14.4 Å². The summed E-state index contributed by atoms with van der Waals surface area (Å²) in [5.74, 6) is -1.34. The second kappa shape index (κ2) is 15.2. The molecule has 1 unspecified atom stereocenters. The van der Waals surface area contributed by atoms with Gasteiger partial charge < -0.3 is 20.7 Å². The highest BCUT2D eigenvalue weighted by atomic mass is 79.9. The number of ether oxygens (including phenoxy) is 1. The van der Waals surface area contributed by atoms with Gasteiger partial charge in [-0.1, -0.05) is 58.4 Å². The van der Waals surface area contributed by atoms with Gasteiger partial charge in [0.2, 0.25) is 5.91 Å². The second-order valence-electron chi connectivity index (χ2n) is 9.20. The van der Waals surface area contributed by atoms with Gasteiger partial charge in [-0.2, -0.15) is 0 Å². The van der Waals surface area contributed by atoms with Crippen molar-refractivity contribution in [2.75, 3.05) is 17.2 Å². The molecule has 3 amide bonds. The summed E-state index contributed by atoms with van der Waals surface area (Å²) in [6, 6.07) is 27.2. The molecule has 0 aromatic heterocycles. The molecule has 0 radical (unpaired) electrons. The number of amides is 3. The zero-order valence-electron chi connectivity index (χ0n) is 23.4. The lowest BCUT2D eigenvalue weighted by Gasteiger charge is -2.15. The lowest BCUT2D eigenvalue weighted by atomic mass is 10.1. The summed E-state index contributed by atoms with van der Waals surface area (Å²) in [6.45, 7) is 4.00. The van der Waals surface area contributed by atoms with Crippen LogP contribution in [0.2, 0.25) is 0 Å². The van der Waals surface area contributed by atoms with E-state index in [0.717, 1.165) is 0 Å². The van der Waals surface area contributed by atoms with Crippen molar-refractivity contribution in [1.82, 2.24) is 5.32 Å². The van der Waals surface area contributed by atoms with E-state index in [1.54, 1.807) is 85.8 Å². The quantitative estimate of drug-likeness (QED) is 0.114. The summed E-state index contributed by atoms with van der Waals surface area (Å²) in [6.07, 6.45) is 1.56. The van der Waals surface area contributed by atoms with Crippen LogP contribution >= 0.6 is 27.7 Å². The summed E-state index contributed by atoms with van der Waals surface area (Å²) in [4.78, 5) is 39.9. The van der Waals surface area contributed by atoms with Gasteiger partial charge >= 0.3 is 0 Å². The van der Waals surface area contributed by atoms with E-state index in [2.05, 4.69) is 31.9 Å². The van der Waals surface area contributed by atoms with Crippen molar-refractivity contribution >= 4 is 62.9 Å². The summed E-state index contributed by atoms with van der Waals surface area (Å²) >= 11 is 4.45. The summed E-state index contributed by atoms with van der Waals surface area (Å²) in [5, 5.41) is 7.60. The first kappa shape index (κ1) is 31.5. The minimum Gasteiger partial charge on any atom is -0.493 e. The molecule has 0 spiro atoms. The van der Waals surface area contributed by atoms with Crippen LogP contribution in [-0.4, -0.2) is 29.6 Å². The first-order valence-corrected chi connectivity index (χ1v) is 15.0. The smallest absolute Gasteiger partial charge is 0.272 e. The van der Waals surface area contributed by atoms with Crippen molar-refractivity contribution in [3.8, 4) is 5.75 Å². The maximum atomic E-state index is 14.2. The van der Waals surface area contributed by atoms with Gasteiger partial charge in [0.05, 0.1) is 17.5 Å². The van der Waals surface area contributed by atoms with Gasteiger partial charge in [0.1, 0.15) is 17.3 Å². The Hall–Kier alpha value is -4.41. The van der Waals surface area contributed by atoms with Crippen molar-refractivity contribution in [3.05, 3.63) is 124 Å². The number of anilines is 2. The number of carbonyl (C=O) groups excluding carboxylic acids is 3. The number of carbonyl (C=O) groups is 3. The molecule has 0 saturated heterocycles. The number of nitrogens with one attached hydrogen (secondary N) is 3. The maximum absolute atomic E-state index is 14.2. The van der Waals surface area contributed by atoms with E-state index >= 15 is 0 Å². The molecule has 4 aromatic carbocycles. The highest BCUT2D eigenvalue weighted by molar-refractivity contribution is 9.10. The predicted molar refractivity (Wildman–Crippen MR) is 173 cm³/mol. The Morgan fingerprint density at radius 1 is 0.930 bits per heavy atom. The molecule has 4 aromatic rings. The molecule has 0 fully saturated rings. The van der Waals surface area contributed by atoms with Crippen molar-refractivity contribution in [3.63, 3.8) is 0 Å². The SMILES string of the molecule is CCOc1ccccc1/C=C(/NC(=O)c1ccccc1)C(=O)Nc1cccc(SC(C)C(=O)Nc2ccc(Br)cc2F)c1. The Bertz CT molecular complexity index is 1650. The first-order valence-electron chi connectivity index (χ1n) is 13.4. The molecule has 0 aliphatic rings. The van der Waals surface area contributed by atoms with Gasteiger partial charge in [-0.15, -0.1) is 11.8 Å². The number of thioether (sulfide) groups is 1. The minimum absolute atomic E-state index is 0.0170. The summed E-state index contributed by atoms with van der Waals surface area (Å²) in [7, 11) is 0. The Morgan fingerprint density at radius 2 is 1.67 bits per heavy atom. The molecule has 0 bridgehead atoms. The van der Waals surface area contributed by atoms with Crippen LogP contribution < -0.4 is 20.7 Å². The van der Waals surface area contributed by atoms with Gasteiger partial charge in [0.25, 0.3) is 11.8 Å². The van der Waals surface area contributed by atoms with Crippen LogP contribution in [0.4, 0.5) is 15.8 Å². The van der Waals surface area contributed by atoms with Gasteiger partial charge in [0.15, 0.2) is 0 Å². The summed E-state index contributed by atoms with van der Waals surface area (Å²) in [5.41, 5.74) is 1.58. The standard InChI is InChI=1S/C33H29BrFN3O4S/c1-3-42-30-15-8-7-12-23(30)18-29(38-32(40)22-10-5-4-6-11-22)33(41)36-25-13-9-14-26(20-25)43-21(2)31(39)37-28-17-16-24(34)19-27(28)35/h4-21H,3H2,1-2H3,(H,36,41)(H,37,39)(H,38,40)/b29-18+. The van der Waals surface area contributed by atoms with Crippen LogP contribution in [-0.2, 0) is 9.59 Å². The molecule has 0 heterocycles. The number of rotatable bonds is 11. The van der Waals surface area contributed by atoms with Gasteiger partial charge in [0, 0.05) is 26.2 Å². The molecule has 0 aliphatic heterocycles. The van der Waals surface area contributed by atoms with Crippen molar-refractivity contribution in [1.29, 1.82) is 0 Å². The Morgan fingerprint density at radius 3 is 2.42 bits per heavy atom. The zero-order chi connectivity index (χ0) is 30.8. The number of benzene rings is 4. The number of halogens is 2. The van der Waals surface area contributed by atoms with E-state index in [1.807, 2.05) is 19.1 Å². The molecular formula is C33H29BrFN3O4S. The second-order valence-corrected chi connectivity index (χ2v) is 11.5. The summed E-state index contributed by atoms with van der Waals surface area (Å²) < 4.78 is 20.5. The average Bonchev–Trinajstić information content (AvgIpc) is 2.99. The van der Waals surface area contributed by atoms with E-state index in [9.17, 15) is 18.8 Å². The Labute approximate surface area is 262 Å². The van der Waals surface area contributed by atoms with Crippen molar-refractivity contribution < 1.29 is 23.5 Å². The Balaban J connectivity index is 1.51. The zero-order valence-corrected chi connectivity index (χ0v) is 25.8. The molecule has 220 valence electrons. The molecule has 3 N–H and O–H groups in total. The van der Waals surface area contributed by atoms with Gasteiger partial charge in [-0.05, 0) is 74.5 Å². The van der Waals surface area contributed by atoms with E-state index in [0.29, 0.717) is 38.5 Å². The van der Waals surface area contributed by atoms with E-state index in [4.69, 9.17) is 4.74 Å². The third-order valence-corrected chi connectivity index (χ3v) is 7.60. The normalized spacial score (nSPS) is 11.8. The highest BCUT2D eigenvalue weighted by Gasteiger charge is 2.19. The average molecular weight is 663 g/mol. The van der Waals surface area contributed by atoms with E-state index < -0.39 is 22.9 Å². The lowest BCUT2D eigenvalue weighted by molar-refractivity contribution is -0.115. The molecule has 43 heavy (non-hydrogen) atoms. The first-order chi connectivity index (χ1) is 20.7. The van der Waals surface area contributed by atoms with Gasteiger partial charge in [-0.25, -0.2) is 4.39 Å². The minimum atomic E-state index is -0.565. The van der Waals surface area contributed by atoms with E-state index in [-0.39, 0.29) is 17.3 Å². The van der Waals surface area contributed by atoms with Crippen LogP contribution in [0, 0.1) is 5.82 Å². The van der Waals surface area contributed by atoms with Crippen LogP contribution in [0.15, 0.2) is 112 Å². The van der Waals surface area contributed by atoms with Crippen molar-refractivity contribution in [2.45, 2.75) is 24.0 Å². The monoisotopic (exact) mass is 661 g/mol. The number of para-hydroxylation sites is 1. The lowest BCUT2D eigenvalue weighted by Crippen LogP contribution is -2.30. The van der Waals surface area contributed by atoms with Crippen LogP contribution in [0.25, 0.3) is 6.08 Å². The number of hydrogen-bond donors (Lipinski definition) is 3. The fourth-order valence-electron chi connectivity index (χ4n) is 3.91. The molecular weight excluding hydrogens is 633 g/mol. The van der Waals surface area contributed by atoms with E-state index in [1.165, 1.54) is 23.9 Å². The molecule has 0 saturated carbocycles. The fourth-order valence-corrected chi connectivity index (χ4v) is 5.17. The number of hydrogen-bond acceptors (Lipinski definition) is 5. The fraction of sp³-hybridized carbons (Fsp3) is 0.121. The highest BCUT2D eigenvalue weighted by Crippen LogP contribution is 2.28. The largest absolute Gasteiger partial charge is 0.493 e. The molecule has 1 atom stereocenters. The van der Waals surface area contributed by atoms with Crippen LogP contribution in [0.1, 0.15) is 29.8 Å². The molecule has 0 aliphatic carbocycles. The van der Waals surface area contributed by atoms with Crippen molar-refractivity contribution in [2.24, 2.45) is 0 Å².